The van der Waals surface area contributed by atoms with Gasteiger partial charge in [0.15, 0.2) is 5.78 Å². The molecular formula is C21H22O5. The molecule has 4 rings (SSSR count). The maximum absolute atomic E-state index is 13.3. The van der Waals surface area contributed by atoms with E-state index in [1.807, 2.05) is 30.3 Å². The molecule has 0 amide bonds. The SMILES string of the molecule is CCOC(=O)C1=C(c2ccccc2)C(=O)[C@@H]2[C@@H]3C[C@@H](C[C@H]3OC(C)=O)[C@H]12. The third-order valence-electron chi connectivity index (χ3n) is 5.97. The lowest BCUT2D eigenvalue weighted by molar-refractivity contribution is -0.152. The van der Waals surface area contributed by atoms with Gasteiger partial charge in [-0.25, -0.2) is 4.79 Å². The standard InChI is InChI=1S/C21H22O5/c1-3-25-21(24)19-16-13-9-14(15(10-13)26-11(2)22)18(16)20(23)17(19)12-7-5-4-6-8-12/h4-8,13-16,18H,3,9-10H2,1-2H3/t13-,14+,15+,16-,18+/m0/s1. The fourth-order valence-corrected chi connectivity index (χ4v) is 5.24. The van der Waals surface area contributed by atoms with Crippen molar-refractivity contribution in [3.05, 3.63) is 41.5 Å². The fourth-order valence-electron chi connectivity index (χ4n) is 5.24. The van der Waals surface area contributed by atoms with Gasteiger partial charge in [0.2, 0.25) is 0 Å². The first-order valence-electron chi connectivity index (χ1n) is 9.21. The van der Waals surface area contributed by atoms with Gasteiger partial charge < -0.3 is 9.47 Å². The second kappa shape index (κ2) is 6.38. The topological polar surface area (TPSA) is 69.7 Å². The Bertz CT molecular complexity index is 794. The highest BCUT2D eigenvalue weighted by Gasteiger charge is 2.62. The first-order valence-corrected chi connectivity index (χ1v) is 9.21. The lowest BCUT2D eigenvalue weighted by atomic mass is 9.77. The largest absolute Gasteiger partial charge is 0.463 e. The summed E-state index contributed by atoms with van der Waals surface area (Å²) in [4.78, 5) is 37.5. The van der Waals surface area contributed by atoms with E-state index in [1.54, 1.807) is 6.92 Å². The lowest BCUT2D eigenvalue weighted by Gasteiger charge is -2.31. The van der Waals surface area contributed by atoms with Crippen molar-refractivity contribution in [2.45, 2.75) is 32.8 Å². The molecule has 0 aromatic heterocycles. The van der Waals surface area contributed by atoms with Crippen LogP contribution in [0.25, 0.3) is 5.57 Å². The van der Waals surface area contributed by atoms with Gasteiger partial charge in [-0.05, 0) is 31.2 Å². The molecule has 2 fully saturated rings. The minimum Gasteiger partial charge on any atom is -0.463 e. The molecule has 26 heavy (non-hydrogen) atoms. The first-order chi connectivity index (χ1) is 12.5. The Labute approximate surface area is 152 Å². The zero-order chi connectivity index (χ0) is 18.4. The Balaban J connectivity index is 1.76. The van der Waals surface area contributed by atoms with Crippen molar-refractivity contribution in [1.29, 1.82) is 0 Å². The average Bonchev–Trinajstić information content (AvgIpc) is 3.25. The summed E-state index contributed by atoms with van der Waals surface area (Å²) in [5.41, 5.74) is 1.79. The summed E-state index contributed by atoms with van der Waals surface area (Å²) in [5.74, 6) is -0.934. The van der Waals surface area contributed by atoms with Crippen LogP contribution >= 0.6 is 0 Å². The number of esters is 2. The minimum atomic E-state index is -0.385. The number of hydrogen-bond acceptors (Lipinski definition) is 5. The maximum Gasteiger partial charge on any atom is 0.335 e. The van der Waals surface area contributed by atoms with Crippen LogP contribution in [0.3, 0.4) is 0 Å². The number of hydrogen-bond donors (Lipinski definition) is 0. The van der Waals surface area contributed by atoms with Crippen LogP contribution in [0.2, 0.25) is 0 Å². The van der Waals surface area contributed by atoms with Crippen LogP contribution in [0.15, 0.2) is 35.9 Å². The number of carbonyl (C=O) groups is 3. The number of ether oxygens (including phenoxy) is 2. The van der Waals surface area contributed by atoms with E-state index >= 15 is 0 Å². The molecule has 5 nitrogen and oxygen atoms in total. The summed E-state index contributed by atoms with van der Waals surface area (Å²) >= 11 is 0. The Morgan fingerprint density at radius 1 is 1.12 bits per heavy atom. The van der Waals surface area contributed by atoms with Gasteiger partial charge >= 0.3 is 11.9 Å². The van der Waals surface area contributed by atoms with Crippen molar-refractivity contribution < 1.29 is 23.9 Å². The Morgan fingerprint density at radius 2 is 1.85 bits per heavy atom. The predicted octanol–water partition coefficient (Wildman–Crippen LogP) is 2.79. The normalized spacial score (nSPS) is 31.9. The molecule has 5 heteroatoms. The van der Waals surface area contributed by atoms with Gasteiger partial charge in [-0.15, -0.1) is 0 Å². The van der Waals surface area contributed by atoms with Crippen molar-refractivity contribution in [3.63, 3.8) is 0 Å². The van der Waals surface area contributed by atoms with Gasteiger partial charge in [0.05, 0.1) is 12.2 Å². The monoisotopic (exact) mass is 354 g/mol. The highest BCUT2D eigenvalue weighted by atomic mass is 16.5. The smallest absolute Gasteiger partial charge is 0.335 e. The van der Waals surface area contributed by atoms with Crippen LogP contribution in [0.4, 0.5) is 0 Å². The third-order valence-corrected chi connectivity index (χ3v) is 5.97. The molecule has 1 aromatic carbocycles. The summed E-state index contributed by atoms with van der Waals surface area (Å²) < 4.78 is 10.8. The molecule has 2 bridgehead atoms. The molecular weight excluding hydrogens is 332 g/mol. The molecule has 0 N–H and O–H groups in total. The van der Waals surface area contributed by atoms with Crippen molar-refractivity contribution in [3.8, 4) is 0 Å². The Hall–Kier alpha value is -2.43. The quantitative estimate of drug-likeness (QED) is 0.778. The highest BCUT2D eigenvalue weighted by molar-refractivity contribution is 6.30. The summed E-state index contributed by atoms with van der Waals surface area (Å²) in [5, 5.41) is 0. The summed E-state index contributed by atoms with van der Waals surface area (Å²) in [6.07, 6.45) is 1.31. The molecule has 0 unspecified atom stereocenters. The zero-order valence-corrected chi connectivity index (χ0v) is 14.9. The molecule has 0 saturated heterocycles. The zero-order valence-electron chi connectivity index (χ0n) is 14.9. The van der Waals surface area contributed by atoms with E-state index < -0.39 is 0 Å². The Kier molecular flexibility index (Phi) is 4.17. The summed E-state index contributed by atoms with van der Waals surface area (Å²) in [6.45, 7) is 3.45. The van der Waals surface area contributed by atoms with Crippen LogP contribution in [0.5, 0.6) is 0 Å². The van der Waals surface area contributed by atoms with E-state index in [0.717, 1.165) is 12.0 Å². The molecule has 0 radical (unpaired) electrons. The molecule has 0 spiro atoms. The van der Waals surface area contributed by atoms with Gasteiger partial charge in [-0.3, -0.25) is 9.59 Å². The fraction of sp³-hybridized carbons (Fsp3) is 0.476. The lowest BCUT2D eigenvalue weighted by Crippen LogP contribution is -2.36. The molecule has 0 heterocycles. The van der Waals surface area contributed by atoms with E-state index in [-0.39, 0.29) is 54.1 Å². The second-order valence-electron chi connectivity index (χ2n) is 7.33. The van der Waals surface area contributed by atoms with Gasteiger partial charge in [0, 0.05) is 30.3 Å². The Morgan fingerprint density at radius 3 is 2.50 bits per heavy atom. The highest BCUT2D eigenvalue weighted by Crippen LogP contribution is 2.61. The molecule has 136 valence electrons. The number of fused-ring (bicyclic) bond motifs is 5. The van der Waals surface area contributed by atoms with Crippen LogP contribution in [-0.2, 0) is 23.9 Å². The molecule has 0 aliphatic heterocycles. The molecule has 5 atom stereocenters. The first kappa shape index (κ1) is 17.0. The summed E-state index contributed by atoms with van der Waals surface area (Å²) in [6, 6.07) is 9.33. The predicted molar refractivity (Wildman–Crippen MR) is 93.8 cm³/mol. The van der Waals surface area contributed by atoms with Crippen molar-refractivity contribution in [2.75, 3.05) is 6.61 Å². The second-order valence-corrected chi connectivity index (χ2v) is 7.33. The maximum atomic E-state index is 13.3. The molecule has 2 saturated carbocycles. The molecule has 3 aliphatic rings. The van der Waals surface area contributed by atoms with Crippen molar-refractivity contribution >= 4 is 23.3 Å². The van der Waals surface area contributed by atoms with E-state index in [4.69, 9.17) is 9.47 Å². The van der Waals surface area contributed by atoms with Crippen molar-refractivity contribution in [1.82, 2.24) is 0 Å². The van der Waals surface area contributed by atoms with E-state index in [0.29, 0.717) is 17.6 Å². The van der Waals surface area contributed by atoms with E-state index in [1.165, 1.54) is 6.92 Å². The van der Waals surface area contributed by atoms with Crippen LogP contribution < -0.4 is 0 Å². The van der Waals surface area contributed by atoms with Gasteiger partial charge in [0.25, 0.3) is 0 Å². The minimum absolute atomic E-state index is 0.00592. The van der Waals surface area contributed by atoms with E-state index in [9.17, 15) is 14.4 Å². The molecule has 3 aliphatic carbocycles. The van der Waals surface area contributed by atoms with Gasteiger partial charge in [-0.1, -0.05) is 30.3 Å². The third kappa shape index (κ3) is 2.49. The number of ketones is 1. The number of carbonyl (C=O) groups excluding carboxylic acids is 3. The number of rotatable bonds is 4. The average molecular weight is 354 g/mol. The number of benzene rings is 1. The van der Waals surface area contributed by atoms with Gasteiger partial charge in [0.1, 0.15) is 6.10 Å². The van der Waals surface area contributed by atoms with Crippen LogP contribution in [0, 0.1) is 23.7 Å². The van der Waals surface area contributed by atoms with Crippen LogP contribution in [-0.4, -0.2) is 30.4 Å². The number of allylic oxidation sites excluding steroid dienone is 1. The van der Waals surface area contributed by atoms with Crippen LogP contribution in [0.1, 0.15) is 32.3 Å². The van der Waals surface area contributed by atoms with E-state index in [2.05, 4.69) is 0 Å². The van der Waals surface area contributed by atoms with Crippen molar-refractivity contribution in [2.24, 2.45) is 23.7 Å². The number of Topliss-reactive ketones (excluding diaryl/α,β-unsaturated/α-hetero) is 1. The summed E-state index contributed by atoms with van der Waals surface area (Å²) in [7, 11) is 0. The molecule has 1 aromatic rings. The van der Waals surface area contributed by atoms with Gasteiger partial charge in [-0.2, -0.15) is 0 Å².